The van der Waals surface area contributed by atoms with Crippen molar-refractivity contribution in [2.45, 2.75) is 20.0 Å². The van der Waals surface area contributed by atoms with Crippen molar-refractivity contribution < 1.29 is 14.3 Å². The van der Waals surface area contributed by atoms with Crippen molar-refractivity contribution in [3.8, 4) is 0 Å². The van der Waals surface area contributed by atoms with Gasteiger partial charge in [0, 0.05) is 35.9 Å². The van der Waals surface area contributed by atoms with Crippen molar-refractivity contribution in [3.63, 3.8) is 0 Å². The van der Waals surface area contributed by atoms with Gasteiger partial charge >= 0.3 is 0 Å². The smallest absolute Gasteiger partial charge is 0.229 e. The summed E-state index contributed by atoms with van der Waals surface area (Å²) in [4.78, 5) is 26.7. The molecule has 1 N–H and O–H groups in total. The number of methoxy groups -OCH3 is 1. The van der Waals surface area contributed by atoms with Crippen LogP contribution in [0.5, 0.6) is 0 Å². The number of benzene rings is 2. The minimum absolute atomic E-state index is 0.0278. The summed E-state index contributed by atoms with van der Waals surface area (Å²) < 4.78 is 6.11. The van der Waals surface area contributed by atoms with Crippen LogP contribution in [0.2, 0.25) is 0 Å². The third-order valence-corrected chi connectivity index (χ3v) is 5.34. The minimum atomic E-state index is -0.363. The van der Waals surface area contributed by atoms with Crippen LogP contribution in [0, 0.1) is 12.8 Å². The molecule has 0 radical (unpaired) electrons. The largest absolute Gasteiger partial charge is 0.380 e. The van der Waals surface area contributed by atoms with Gasteiger partial charge in [0.2, 0.25) is 11.8 Å². The summed E-state index contributed by atoms with van der Waals surface area (Å²) in [6, 6.07) is 13.3. The number of hydrogen-bond donors (Lipinski definition) is 1. The van der Waals surface area contributed by atoms with Gasteiger partial charge in [-0.25, -0.2) is 0 Å². The predicted molar refractivity (Wildman–Crippen MR) is 105 cm³/mol. The van der Waals surface area contributed by atoms with E-state index >= 15 is 0 Å². The lowest BCUT2D eigenvalue weighted by molar-refractivity contribution is -0.122. The summed E-state index contributed by atoms with van der Waals surface area (Å²) in [5, 5.41) is 2.91. The molecular formula is C20H21BrN2O3. The molecular weight excluding hydrogens is 396 g/mol. The number of nitrogens with one attached hydrogen (secondary N) is 1. The maximum absolute atomic E-state index is 12.6. The Labute approximate surface area is 161 Å². The zero-order valence-corrected chi connectivity index (χ0v) is 16.4. The molecule has 1 fully saturated rings. The average molecular weight is 417 g/mol. The minimum Gasteiger partial charge on any atom is -0.380 e. The second-order valence-corrected chi connectivity index (χ2v) is 7.32. The topological polar surface area (TPSA) is 58.6 Å². The fourth-order valence-corrected chi connectivity index (χ4v) is 3.33. The molecule has 0 spiro atoms. The molecule has 2 amide bonds. The molecule has 1 aliphatic heterocycles. The highest BCUT2D eigenvalue weighted by Crippen LogP contribution is 2.29. The van der Waals surface area contributed by atoms with E-state index in [0.717, 1.165) is 27.0 Å². The monoisotopic (exact) mass is 416 g/mol. The van der Waals surface area contributed by atoms with E-state index in [1.165, 1.54) is 0 Å². The standard InChI is InChI=1S/C20H21BrN2O3/c1-13-8-17(6-7-18(13)21)23-11-15(10-19(23)24)20(25)22-16-5-3-4-14(9-16)12-26-2/h3-9,15H,10-12H2,1-2H3,(H,22,25). The predicted octanol–water partition coefficient (Wildman–Crippen LogP) is 3.90. The lowest BCUT2D eigenvalue weighted by Crippen LogP contribution is -2.28. The van der Waals surface area contributed by atoms with Crippen molar-refractivity contribution in [3.05, 3.63) is 58.1 Å². The molecule has 1 heterocycles. The molecule has 0 bridgehead atoms. The van der Waals surface area contributed by atoms with E-state index in [9.17, 15) is 9.59 Å². The Balaban J connectivity index is 1.68. The second kappa shape index (κ2) is 8.01. The van der Waals surface area contributed by atoms with Gasteiger partial charge in [0.25, 0.3) is 0 Å². The number of aryl methyl sites for hydroxylation is 1. The van der Waals surface area contributed by atoms with Gasteiger partial charge < -0.3 is 15.0 Å². The van der Waals surface area contributed by atoms with Gasteiger partial charge in [-0.3, -0.25) is 9.59 Å². The van der Waals surface area contributed by atoms with E-state index in [2.05, 4.69) is 21.2 Å². The molecule has 6 heteroatoms. The third kappa shape index (κ3) is 4.14. The molecule has 0 aromatic heterocycles. The van der Waals surface area contributed by atoms with Crippen LogP contribution in [-0.2, 0) is 20.9 Å². The van der Waals surface area contributed by atoms with Gasteiger partial charge in [-0.05, 0) is 48.4 Å². The summed E-state index contributed by atoms with van der Waals surface area (Å²) >= 11 is 3.47. The first-order valence-corrected chi connectivity index (χ1v) is 9.22. The van der Waals surface area contributed by atoms with Crippen molar-refractivity contribution in [1.82, 2.24) is 0 Å². The Kier molecular flexibility index (Phi) is 5.74. The lowest BCUT2D eigenvalue weighted by atomic mass is 10.1. The van der Waals surface area contributed by atoms with Crippen LogP contribution in [-0.4, -0.2) is 25.5 Å². The first-order valence-electron chi connectivity index (χ1n) is 8.43. The maximum Gasteiger partial charge on any atom is 0.229 e. The number of ether oxygens (including phenoxy) is 1. The molecule has 136 valence electrons. The summed E-state index contributed by atoms with van der Waals surface area (Å²) in [5.74, 6) is -0.526. The summed E-state index contributed by atoms with van der Waals surface area (Å²) in [5.41, 5.74) is 3.58. The Morgan fingerprint density at radius 2 is 2.12 bits per heavy atom. The van der Waals surface area contributed by atoms with Gasteiger partial charge in [-0.1, -0.05) is 28.1 Å². The third-order valence-electron chi connectivity index (χ3n) is 4.45. The van der Waals surface area contributed by atoms with E-state index < -0.39 is 0 Å². The first-order chi connectivity index (χ1) is 12.5. The van der Waals surface area contributed by atoms with Crippen molar-refractivity contribution >= 4 is 39.1 Å². The highest BCUT2D eigenvalue weighted by Gasteiger charge is 2.35. The molecule has 0 saturated carbocycles. The number of rotatable bonds is 5. The van der Waals surface area contributed by atoms with Crippen LogP contribution in [0.3, 0.4) is 0 Å². The molecule has 1 unspecified atom stereocenters. The van der Waals surface area contributed by atoms with Crippen LogP contribution < -0.4 is 10.2 Å². The Morgan fingerprint density at radius 1 is 1.31 bits per heavy atom. The van der Waals surface area contributed by atoms with Gasteiger partial charge in [0.15, 0.2) is 0 Å². The fraction of sp³-hybridized carbons (Fsp3) is 0.300. The fourth-order valence-electron chi connectivity index (χ4n) is 3.08. The molecule has 2 aromatic carbocycles. The summed E-state index contributed by atoms with van der Waals surface area (Å²) in [6.07, 6.45) is 0.221. The quantitative estimate of drug-likeness (QED) is 0.803. The summed E-state index contributed by atoms with van der Waals surface area (Å²) in [7, 11) is 1.63. The van der Waals surface area contributed by atoms with Crippen LogP contribution in [0.4, 0.5) is 11.4 Å². The Hall–Kier alpha value is -2.18. The van der Waals surface area contributed by atoms with E-state index in [0.29, 0.717) is 13.2 Å². The van der Waals surface area contributed by atoms with Gasteiger partial charge in [-0.2, -0.15) is 0 Å². The van der Waals surface area contributed by atoms with Crippen molar-refractivity contribution in [2.24, 2.45) is 5.92 Å². The molecule has 26 heavy (non-hydrogen) atoms. The number of anilines is 2. The van der Waals surface area contributed by atoms with Crippen LogP contribution in [0.1, 0.15) is 17.5 Å². The summed E-state index contributed by atoms with van der Waals surface area (Å²) in [6.45, 7) is 2.86. The van der Waals surface area contributed by atoms with E-state index in [1.54, 1.807) is 12.0 Å². The number of halogens is 1. The van der Waals surface area contributed by atoms with Gasteiger partial charge in [0.05, 0.1) is 12.5 Å². The number of amides is 2. The van der Waals surface area contributed by atoms with Crippen molar-refractivity contribution in [1.29, 1.82) is 0 Å². The average Bonchev–Trinajstić information content (AvgIpc) is 3.00. The molecule has 1 atom stereocenters. The molecule has 1 aliphatic rings. The van der Waals surface area contributed by atoms with Crippen LogP contribution >= 0.6 is 15.9 Å². The van der Waals surface area contributed by atoms with Crippen LogP contribution in [0.15, 0.2) is 46.9 Å². The maximum atomic E-state index is 12.6. The molecule has 0 aliphatic carbocycles. The zero-order valence-electron chi connectivity index (χ0n) is 14.8. The second-order valence-electron chi connectivity index (χ2n) is 6.46. The molecule has 3 rings (SSSR count). The number of hydrogen-bond acceptors (Lipinski definition) is 3. The molecule has 2 aromatic rings. The first kappa shape index (κ1) is 18.6. The Morgan fingerprint density at radius 3 is 2.85 bits per heavy atom. The van der Waals surface area contributed by atoms with E-state index in [4.69, 9.17) is 4.74 Å². The highest BCUT2D eigenvalue weighted by atomic mass is 79.9. The zero-order chi connectivity index (χ0) is 18.7. The normalized spacial score (nSPS) is 16.8. The van der Waals surface area contributed by atoms with E-state index in [1.807, 2.05) is 49.4 Å². The van der Waals surface area contributed by atoms with E-state index in [-0.39, 0.29) is 24.2 Å². The van der Waals surface area contributed by atoms with Gasteiger partial charge in [0.1, 0.15) is 0 Å². The molecule has 5 nitrogen and oxygen atoms in total. The highest BCUT2D eigenvalue weighted by molar-refractivity contribution is 9.10. The Bertz CT molecular complexity index is 838. The molecule has 1 saturated heterocycles. The lowest BCUT2D eigenvalue weighted by Gasteiger charge is -2.18. The number of carbonyl (C=O) groups excluding carboxylic acids is 2. The number of nitrogens with zero attached hydrogens (tertiary/aromatic N) is 1. The van der Waals surface area contributed by atoms with Crippen LogP contribution in [0.25, 0.3) is 0 Å². The SMILES string of the molecule is COCc1cccc(NC(=O)C2CC(=O)N(c3ccc(Br)c(C)c3)C2)c1. The number of carbonyl (C=O) groups is 2. The van der Waals surface area contributed by atoms with Crippen molar-refractivity contribution in [2.75, 3.05) is 23.9 Å². The van der Waals surface area contributed by atoms with Gasteiger partial charge in [-0.15, -0.1) is 0 Å².